The number of hydrogen-bond donors (Lipinski definition) is 1. The smallest absolute Gasteiger partial charge is 0.0972 e. The Balaban J connectivity index is 2.28. The first-order valence-electron chi connectivity index (χ1n) is 7.42. The van der Waals surface area contributed by atoms with E-state index >= 15 is 0 Å². The van der Waals surface area contributed by atoms with Gasteiger partial charge in [-0.15, -0.1) is 0 Å². The van der Waals surface area contributed by atoms with E-state index in [1.807, 2.05) is 18.2 Å². The van der Waals surface area contributed by atoms with Crippen LogP contribution in [0.25, 0.3) is 0 Å². The molecule has 4 unspecified atom stereocenters. The SMILES string of the molecule is CCC(N)C(c1ccccc1Cl)N1CC(OC)C(OC)C1. The van der Waals surface area contributed by atoms with Crippen LogP contribution in [-0.2, 0) is 9.47 Å². The molecule has 0 spiro atoms. The highest BCUT2D eigenvalue weighted by Gasteiger charge is 2.39. The van der Waals surface area contributed by atoms with Crippen LogP contribution in [0, 0.1) is 0 Å². The fourth-order valence-electron chi connectivity index (χ4n) is 3.09. The van der Waals surface area contributed by atoms with E-state index < -0.39 is 0 Å². The van der Waals surface area contributed by atoms with Gasteiger partial charge in [-0.1, -0.05) is 36.7 Å². The molecule has 5 heteroatoms. The van der Waals surface area contributed by atoms with Crippen LogP contribution in [0.1, 0.15) is 24.9 Å². The van der Waals surface area contributed by atoms with Gasteiger partial charge in [0, 0.05) is 38.4 Å². The molecule has 21 heavy (non-hydrogen) atoms. The number of ether oxygens (including phenoxy) is 2. The van der Waals surface area contributed by atoms with Crippen LogP contribution in [-0.4, -0.2) is 50.5 Å². The molecule has 4 nitrogen and oxygen atoms in total. The summed E-state index contributed by atoms with van der Waals surface area (Å²) in [6.07, 6.45) is 1.04. The number of benzene rings is 1. The van der Waals surface area contributed by atoms with Crippen LogP contribution >= 0.6 is 11.6 Å². The first-order valence-corrected chi connectivity index (χ1v) is 7.79. The number of nitrogens with two attached hydrogens (primary N) is 1. The van der Waals surface area contributed by atoms with Gasteiger partial charge in [-0.25, -0.2) is 0 Å². The number of rotatable bonds is 6. The highest BCUT2D eigenvalue weighted by Crippen LogP contribution is 2.34. The van der Waals surface area contributed by atoms with E-state index in [2.05, 4.69) is 17.9 Å². The summed E-state index contributed by atoms with van der Waals surface area (Å²) in [6, 6.07) is 8.04. The second-order valence-electron chi connectivity index (χ2n) is 5.54. The standard InChI is InChI=1S/C16H25ClN2O2/c1-4-13(18)16(11-7-5-6-8-12(11)17)19-9-14(20-2)15(10-19)21-3/h5-8,13-16H,4,9-10,18H2,1-3H3. The average Bonchev–Trinajstić information content (AvgIpc) is 2.92. The zero-order valence-electron chi connectivity index (χ0n) is 13.0. The number of halogens is 1. The van der Waals surface area contributed by atoms with Crippen molar-refractivity contribution >= 4 is 11.6 Å². The van der Waals surface area contributed by atoms with Gasteiger partial charge < -0.3 is 15.2 Å². The Hall–Kier alpha value is -0.650. The lowest BCUT2D eigenvalue weighted by Crippen LogP contribution is -2.40. The van der Waals surface area contributed by atoms with Gasteiger partial charge in [0.05, 0.1) is 18.2 Å². The number of hydrogen-bond acceptors (Lipinski definition) is 4. The molecule has 4 atom stereocenters. The van der Waals surface area contributed by atoms with Crippen LogP contribution < -0.4 is 5.73 Å². The molecule has 1 aliphatic rings. The van der Waals surface area contributed by atoms with Crippen molar-refractivity contribution in [2.75, 3.05) is 27.3 Å². The van der Waals surface area contributed by atoms with E-state index in [0.717, 1.165) is 30.1 Å². The van der Waals surface area contributed by atoms with Gasteiger partial charge in [-0.2, -0.15) is 0 Å². The topological polar surface area (TPSA) is 47.7 Å². The summed E-state index contributed by atoms with van der Waals surface area (Å²) >= 11 is 6.39. The fraction of sp³-hybridized carbons (Fsp3) is 0.625. The van der Waals surface area contributed by atoms with E-state index in [4.69, 9.17) is 26.8 Å². The summed E-state index contributed by atoms with van der Waals surface area (Å²) in [5.74, 6) is 0. The van der Waals surface area contributed by atoms with E-state index in [-0.39, 0.29) is 24.3 Å². The van der Waals surface area contributed by atoms with Crippen LogP contribution in [0.5, 0.6) is 0 Å². The van der Waals surface area contributed by atoms with Crippen LogP contribution in [0.4, 0.5) is 0 Å². The fourth-order valence-corrected chi connectivity index (χ4v) is 3.34. The minimum absolute atomic E-state index is 0.0259. The molecule has 1 heterocycles. The van der Waals surface area contributed by atoms with Gasteiger partial charge in [-0.05, 0) is 18.1 Å². The quantitative estimate of drug-likeness (QED) is 0.876. The Morgan fingerprint density at radius 3 is 2.29 bits per heavy atom. The molecule has 1 aliphatic heterocycles. The van der Waals surface area contributed by atoms with E-state index in [9.17, 15) is 0 Å². The molecular weight excluding hydrogens is 288 g/mol. The highest BCUT2D eigenvalue weighted by molar-refractivity contribution is 6.31. The molecule has 1 aromatic rings. The molecule has 1 saturated heterocycles. The maximum absolute atomic E-state index is 6.39. The second kappa shape index (κ2) is 7.56. The Labute approximate surface area is 132 Å². The summed E-state index contributed by atoms with van der Waals surface area (Å²) in [6.45, 7) is 3.71. The molecule has 0 radical (unpaired) electrons. The normalized spacial score (nSPS) is 26.0. The maximum atomic E-state index is 6.39. The summed E-state index contributed by atoms with van der Waals surface area (Å²) < 4.78 is 11.1. The van der Waals surface area contributed by atoms with Gasteiger partial charge in [0.15, 0.2) is 0 Å². The lowest BCUT2D eigenvalue weighted by molar-refractivity contribution is -0.00461. The lowest BCUT2D eigenvalue weighted by Gasteiger charge is -2.33. The maximum Gasteiger partial charge on any atom is 0.0972 e. The predicted octanol–water partition coefficient (Wildman–Crippen LogP) is 2.46. The van der Waals surface area contributed by atoms with E-state index in [1.54, 1.807) is 14.2 Å². The molecule has 1 fully saturated rings. The van der Waals surface area contributed by atoms with Crippen molar-refractivity contribution in [2.45, 2.75) is 37.6 Å². The Kier molecular flexibility index (Phi) is 6.02. The van der Waals surface area contributed by atoms with Crippen molar-refractivity contribution in [3.63, 3.8) is 0 Å². The molecule has 0 aromatic heterocycles. The number of methoxy groups -OCH3 is 2. The van der Waals surface area contributed by atoms with Gasteiger partial charge in [0.1, 0.15) is 0 Å². The summed E-state index contributed by atoms with van der Waals surface area (Å²) in [5.41, 5.74) is 7.47. The van der Waals surface area contributed by atoms with Crippen LogP contribution in [0.15, 0.2) is 24.3 Å². The van der Waals surface area contributed by atoms with Gasteiger partial charge >= 0.3 is 0 Å². The highest BCUT2D eigenvalue weighted by atomic mass is 35.5. The second-order valence-corrected chi connectivity index (χ2v) is 5.95. The van der Waals surface area contributed by atoms with Crippen molar-refractivity contribution in [3.05, 3.63) is 34.9 Å². The van der Waals surface area contributed by atoms with Gasteiger partial charge in [-0.3, -0.25) is 4.90 Å². The molecule has 0 amide bonds. The minimum atomic E-state index is 0.0259. The molecule has 0 saturated carbocycles. The number of likely N-dealkylation sites (tertiary alicyclic amines) is 1. The Bertz CT molecular complexity index is 446. The summed E-state index contributed by atoms with van der Waals surface area (Å²) in [5, 5.41) is 0.765. The Morgan fingerprint density at radius 1 is 1.24 bits per heavy atom. The Morgan fingerprint density at radius 2 is 1.81 bits per heavy atom. The molecule has 1 aromatic carbocycles. The first kappa shape index (κ1) is 16.7. The van der Waals surface area contributed by atoms with Crippen molar-refractivity contribution in [1.29, 1.82) is 0 Å². The molecule has 2 N–H and O–H groups in total. The number of nitrogens with zero attached hydrogens (tertiary/aromatic N) is 1. The zero-order chi connectivity index (χ0) is 15.4. The zero-order valence-corrected chi connectivity index (χ0v) is 13.7. The lowest BCUT2D eigenvalue weighted by atomic mass is 9.96. The third kappa shape index (κ3) is 3.58. The summed E-state index contributed by atoms with van der Waals surface area (Å²) in [7, 11) is 3.45. The van der Waals surface area contributed by atoms with Gasteiger partial charge in [0.25, 0.3) is 0 Å². The van der Waals surface area contributed by atoms with Crippen molar-refractivity contribution in [2.24, 2.45) is 5.73 Å². The van der Waals surface area contributed by atoms with Gasteiger partial charge in [0.2, 0.25) is 0 Å². The monoisotopic (exact) mass is 312 g/mol. The molecule has 0 bridgehead atoms. The molecule has 0 aliphatic carbocycles. The van der Waals surface area contributed by atoms with Crippen LogP contribution in [0.3, 0.4) is 0 Å². The van der Waals surface area contributed by atoms with E-state index in [1.165, 1.54) is 0 Å². The minimum Gasteiger partial charge on any atom is -0.377 e. The molecular formula is C16H25ClN2O2. The van der Waals surface area contributed by atoms with Crippen molar-refractivity contribution < 1.29 is 9.47 Å². The van der Waals surface area contributed by atoms with E-state index in [0.29, 0.717) is 0 Å². The predicted molar refractivity (Wildman–Crippen MR) is 85.6 cm³/mol. The summed E-state index contributed by atoms with van der Waals surface area (Å²) in [4.78, 5) is 2.33. The molecule has 118 valence electrons. The largest absolute Gasteiger partial charge is 0.377 e. The third-order valence-electron chi connectivity index (χ3n) is 4.34. The average molecular weight is 313 g/mol. The molecule has 2 rings (SSSR count). The third-order valence-corrected chi connectivity index (χ3v) is 4.69. The van der Waals surface area contributed by atoms with Crippen molar-refractivity contribution in [3.8, 4) is 0 Å². The van der Waals surface area contributed by atoms with Crippen LogP contribution in [0.2, 0.25) is 5.02 Å². The first-order chi connectivity index (χ1) is 10.1. The van der Waals surface area contributed by atoms with Crippen molar-refractivity contribution in [1.82, 2.24) is 4.90 Å².